The fourth-order valence-electron chi connectivity index (χ4n) is 2.99. The number of hydrogen-bond donors (Lipinski definition) is 1. The van der Waals surface area contributed by atoms with Crippen molar-refractivity contribution in [2.45, 2.75) is 19.8 Å². The summed E-state index contributed by atoms with van der Waals surface area (Å²) in [4.78, 5) is 13.5. The van der Waals surface area contributed by atoms with Gasteiger partial charge in [0.2, 0.25) is 5.95 Å². The van der Waals surface area contributed by atoms with Crippen LogP contribution in [-0.2, 0) is 0 Å². The topological polar surface area (TPSA) is 68.0 Å². The summed E-state index contributed by atoms with van der Waals surface area (Å²) in [5, 5.41) is 7.91. The van der Waals surface area contributed by atoms with E-state index in [1.54, 1.807) is 6.20 Å². The van der Waals surface area contributed by atoms with Crippen LogP contribution in [0.1, 0.15) is 19.8 Å². The third-order valence-corrected chi connectivity index (χ3v) is 4.93. The van der Waals surface area contributed by atoms with Gasteiger partial charge in [0.05, 0.1) is 28.4 Å². The van der Waals surface area contributed by atoms with E-state index in [0.29, 0.717) is 11.4 Å². The lowest BCUT2D eigenvalue weighted by atomic mass is 10.1. The first-order valence-corrected chi connectivity index (χ1v) is 8.51. The zero-order valence-corrected chi connectivity index (χ0v) is 14.0. The number of pyridine rings is 2. The van der Waals surface area contributed by atoms with Gasteiger partial charge in [-0.05, 0) is 48.6 Å². The molecule has 6 heteroatoms. The fourth-order valence-corrected chi connectivity index (χ4v) is 2.99. The second-order valence-electron chi connectivity index (χ2n) is 7.04. The van der Waals surface area contributed by atoms with Gasteiger partial charge in [0.15, 0.2) is 0 Å². The normalized spacial score (nSPS) is 15.6. The van der Waals surface area contributed by atoms with Crippen LogP contribution >= 0.6 is 0 Å². The highest BCUT2D eigenvalue weighted by Crippen LogP contribution is 2.44. The lowest BCUT2D eigenvalue weighted by Crippen LogP contribution is -2.14. The van der Waals surface area contributed by atoms with Crippen molar-refractivity contribution in [1.82, 2.24) is 24.6 Å². The van der Waals surface area contributed by atoms with Crippen LogP contribution in [0.5, 0.6) is 0 Å². The molecule has 0 unspecified atom stereocenters. The van der Waals surface area contributed by atoms with Crippen LogP contribution in [0.3, 0.4) is 0 Å². The first kappa shape index (κ1) is 14.3. The molecule has 0 saturated heterocycles. The molecule has 6 nitrogen and oxygen atoms in total. The van der Waals surface area contributed by atoms with Gasteiger partial charge in [0.1, 0.15) is 0 Å². The minimum atomic E-state index is 0.420. The SMILES string of the molecule is CC1(CNc2ncc3c(-c4ccc5ncccc5n4)ccn3n2)CC1. The third-order valence-electron chi connectivity index (χ3n) is 4.93. The second-order valence-corrected chi connectivity index (χ2v) is 7.04. The van der Waals surface area contributed by atoms with Crippen molar-refractivity contribution in [2.75, 3.05) is 11.9 Å². The molecule has 0 radical (unpaired) electrons. The van der Waals surface area contributed by atoms with E-state index in [4.69, 9.17) is 4.98 Å². The molecule has 4 aromatic heterocycles. The maximum atomic E-state index is 4.72. The maximum Gasteiger partial charge on any atom is 0.241 e. The minimum Gasteiger partial charge on any atom is -0.352 e. The second kappa shape index (κ2) is 5.24. The first-order chi connectivity index (χ1) is 12.2. The summed E-state index contributed by atoms with van der Waals surface area (Å²) in [5.41, 5.74) is 5.06. The molecule has 4 aromatic rings. The lowest BCUT2D eigenvalue weighted by Gasteiger charge is -2.09. The van der Waals surface area contributed by atoms with Gasteiger partial charge in [-0.25, -0.2) is 14.5 Å². The number of anilines is 1. The van der Waals surface area contributed by atoms with Gasteiger partial charge >= 0.3 is 0 Å². The van der Waals surface area contributed by atoms with E-state index in [1.165, 1.54) is 12.8 Å². The predicted molar refractivity (Wildman–Crippen MR) is 97.3 cm³/mol. The highest BCUT2D eigenvalue weighted by atomic mass is 15.3. The van der Waals surface area contributed by atoms with Crippen LogP contribution in [0.4, 0.5) is 5.95 Å². The molecular formula is C19H18N6. The standard InChI is InChI=1S/C19H18N6/c1-19(7-8-19)12-22-18-21-11-17-13(6-10-25(17)24-18)14-4-5-15-16(23-14)3-2-9-20-15/h2-6,9-11H,7-8,12H2,1H3,(H,22,24). The predicted octanol–water partition coefficient (Wildman–Crippen LogP) is 3.55. The zero-order valence-electron chi connectivity index (χ0n) is 14.0. The Morgan fingerprint density at radius 1 is 1.12 bits per heavy atom. The van der Waals surface area contributed by atoms with Crippen LogP contribution in [-0.4, -0.2) is 31.1 Å². The quantitative estimate of drug-likeness (QED) is 0.620. The van der Waals surface area contributed by atoms with Crippen molar-refractivity contribution in [3.8, 4) is 11.3 Å². The molecule has 1 fully saturated rings. The van der Waals surface area contributed by atoms with Gasteiger partial charge in [0, 0.05) is 24.5 Å². The Hall–Kier alpha value is -3.02. The van der Waals surface area contributed by atoms with Crippen LogP contribution in [0, 0.1) is 5.41 Å². The highest BCUT2D eigenvalue weighted by Gasteiger charge is 2.36. The Labute approximate surface area is 145 Å². The van der Waals surface area contributed by atoms with E-state index in [2.05, 4.69) is 27.3 Å². The molecule has 25 heavy (non-hydrogen) atoms. The molecule has 0 atom stereocenters. The summed E-state index contributed by atoms with van der Waals surface area (Å²) in [6.07, 6.45) is 8.14. The molecule has 0 bridgehead atoms. The van der Waals surface area contributed by atoms with Crippen molar-refractivity contribution in [2.24, 2.45) is 5.41 Å². The minimum absolute atomic E-state index is 0.420. The molecule has 0 aromatic carbocycles. The maximum absolute atomic E-state index is 4.72. The molecule has 1 aliphatic carbocycles. The van der Waals surface area contributed by atoms with Crippen LogP contribution < -0.4 is 5.32 Å². The summed E-state index contributed by atoms with van der Waals surface area (Å²) >= 11 is 0. The number of aromatic nitrogens is 5. The highest BCUT2D eigenvalue weighted by molar-refractivity contribution is 5.83. The summed E-state index contributed by atoms with van der Waals surface area (Å²) in [6.45, 7) is 3.21. The number of hydrogen-bond acceptors (Lipinski definition) is 5. The molecule has 5 rings (SSSR count). The van der Waals surface area contributed by atoms with E-state index in [-0.39, 0.29) is 0 Å². The van der Waals surface area contributed by atoms with E-state index in [0.717, 1.165) is 34.4 Å². The number of nitrogens with one attached hydrogen (secondary N) is 1. The van der Waals surface area contributed by atoms with Crippen LogP contribution in [0.2, 0.25) is 0 Å². The van der Waals surface area contributed by atoms with E-state index in [9.17, 15) is 0 Å². The molecule has 124 valence electrons. The molecule has 4 heterocycles. The average molecular weight is 330 g/mol. The van der Waals surface area contributed by atoms with Gasteiger partial charge in [-0.2, -0.15) is 0 Å². The third kappa shape index (κ3) is 2.59. The summed E-state index contributed by atoms with van der Waals surface area (Å²) < 4.78 is 1.86. The monoisotopic (exact) mass is 330 g/mol. The zero-order chi connectivity index (χ0) is 16.9. The van der Waals surface area contributed by atoms with Gasteiger partial charge in [0.25, 0.3) is 0 Å². The molecular weight excluding hydrogens is 312 g/mol. The van der Waals surface area contributed by atoms with Gasteiger partial charge in [-0.3, -0.25) is 4.98 Å². The van der Waals surface area contributed by atoms with E-state index < -0.39 is 0 Å². The Balaban J connectivity index is 1.50. The molecule has 1 N–H and O–H groups in total. The van der Waals surface area contributed by atoms with Gasteiger partial charge in [-0.1, -0.05) is 6.92 Å². The van der Waals surface area contributed by atoms with Crippen LogP contribution in [0.15, 0.2) is 48.9 Å². The number of fused-ring (bicyclic) bond motifs is 2. The largest absolute Gasteiger partial charge is 0.352 e. The summed E-state index contributed by atoms with van der Waals surface area (Å²) in [6, 6.07) is 9.89. The first-order valence-electron chi connectivity index (χ1n) is 8.51. The van der Waals surface area contributed by atoms with E-state index >= 15 is 0 Å². The Kier molecular flexibility index (Phi) is 3.00. The summed E-state index contributed by atoms with van der Waals surface area (Å²) in [5.74, 6) is 0.665. The van der Waals surface area contributed by atoms with Crippen molar-refractivity contribution < 1.29 is 0 Å². The Bertz CT molecular complexity index is 1080. The van der Waals surface area contributed by atoms with Crippen LogP contribution in [0.25, 0.3) is 27.8 Å². The number of rotatable bonds is 4. The smallest absolute Gasteiger partial charge is 0.241 e. The molecule has 0 aliphatic heterocycles. The number of nitrogens with zero attached hydrogens (tertiary/aromatic N) is 5. The molecule has 1 aliphatic rings. The Morgan fingerprint density at radius 2 is 2.04 bits per heavy atom. The summed E-state index contributed by atoms with van der Waals surface area (Å²) in [7, 11) is 0. The van der Waals surface area contributed by atoms with E-state index in [1.807, 2.05) is 47.2 Å². The molecule has 0 spiro atoms. The van der Waals surface area contributed by atoms with Crippen molar-refractivity contribution in [3.05, 3.63) is 48.9 Å². The molecule has 1 saturated carbocycles. The van der Waals surface area contributed by atoms with Gasteiger partial charge in [-0.15, -0.1) is 5.10 Å². The van der Waals surface area contributed by atoms with Crippen molar-refractivity contribution >= 4 is 22.5 Å². The lowest BCUT2D eigenvalue weighted by molar-refractivity contribution is 0.606. The fraction of sp³-hybridized carbons (Fsp3) is 0.263. The molecule has 0 amide bonds. The average Bonchev–Trinajstić information content (AvgIpc) is 3.24. The van der Waals surface area contributed by atoms with Gasteiger partial charge < -0.3 is 5.32 Å². The van der Waals surface area contributed by atoms with Crippen molar-refractivity contribution in [1.29, 1.82) is 0 Å². The van der Waals surface area contributed by atoms with Crippen molar-refractivity contribution in [3.63, 3.8) is 0 Å². The Morgan fingerprint density at radius 3 is 2.92 bits per heavy atom.